The Bertz CT molecular complexity index is 499. The average molecular weight is 348 g/mol. The molecule has 0 aromatic carbocycles. The van der Waals surface area contributed by atoms with Crippen LogP contribution >= 0.6 is 0 Å². The summed E-state index contributed by atoms with van der Waals surface area (Å²) < 4.78 is 24.9. The van der Waals surface area contributed by atoms with Gasteiger partial charge < -0.3 is 15.5 Å². The van der Waals surface area contributed by atoms with Crippen molar-refractivity contribution in [3.05, 3.63) is 0 Å². The number of piperidine rings is 1. The third kappa shape index (κ3) is 7.17. The van der Waals surface area contributed by atoms with E-state index < -0.39 is 10.0 Å². The fourth-order valence-corrected chi connectivity index (χ4v) is 2.94. The Labute approximate surface area is 138 Å². The summed E-state index contributed by atoms with van der Waals surface area (Å²) in [5.74, 6) is -0.178. The molecule has 0 atom stereocenters. The van der Waals surface area contributed by atoms with E-state index in [0.29, 0.717) is 25.9 Å². The first-order valence-electron chi connectivity index (χ1n) is 8.05. The zero-order valence-corrected chi connectivity index (χ0v) is 14.9. The number of amides is 3. The van der Waals surface area contributed by atoms with Crippen LogP contribution in [0.15, 0.2) is 0 Å². The number of sulfonamides is 1. The van der Waals surface area contributed by atoms with Crippen molar-refractivity contribution in [2.75, 3.05) is 31.9 Å². The van der Waals surface area contributed by atoms with Crippen LogP contribution in [0.3, 0.4) is 0 Å². The fraction of sp³-hybridized carbons (Fsp3) is 0.857. The van der Waals surface area contributed by atoms with Gasteiger partial charge >= 0.3 is 6.03 Å². The van der Waals surface area contributed by atoms with Crippen LogP contribution in [0.4, 0.5) is 4.79 Å². The molecule has 3 N–H and O–H groups in total. The second-order valence-electron chi connectivity index (χ2n) is 5.95. The normalized spacial score (nSPS) is 16.4. The Morgan fingerprint density at radius 2 is 1.78 bits per heavy atom. The molecule has 0 aliphatic carbocycles. The molecule has 0 unspecified atom stereocenters. The van der Waals surface area contributed by atoms with E-state index in [4.69, 9.17) is 0 Å². The minimum atomic E-state index is -3.22. The maximum Gasteiger partial charge on any atom is 0.317 e. The zero-order valence-electron chi connectivity index (χ0n) is 14.1. The van der Waals surface area contributed by atoms with Gasteiger partial charge in [0, 0.05) is 38.1 Å². The van der Waals surface area contributed by atoms with E-state index in [-0.39, 0.29) is 42.7 Å². The summed E-state index contributed by atoms with van der Waals surface area (Å²) >= 11 is 0. The molecule has 1 rings (SSSR count). The highest BCUT2D eigenvalue weighted by molar-refractivity contribution is 7.89. The Kier molecular flexibility index (Phi) is 7.77. The number of hydrogen-bond donors (Lipinski definition) is 3. The predicted molar refractivity (Wildman–Crippen MR) is 88.4 cm³/mol. The van der Waals surface area contributed by atoms with E-state index >= 15 is 0 Å². The number of carbonyl (C=O) groups excluding carboxylic acids is 2. The molecule has 0 radical (unpaired) electrons. The fourth-order valence-electron chi connectivity index (χ4n) is 2.32. The predicted octanol–water partition coefficient (Wildman–Crippen LogP) is -0.128. The Morgan fingerprint density at radius 3 is 2.30 bits per heavy atom. The second kappa shape index (κ2) is 9.07. The smallest absolute Gasteiger partial charge is 0.317 e. The number of hydrogen-bond acceptors (Lipinski definition) is 4. The molecule has 1 heterocycles. The SMILES string of the molecule is CCS(=O)(=O)NCCNC(=O)C1CCN(C(=O)NC(C)C)CC1. The van der Waals surface area contributed by atoms with E-state index in [1.165, 1.54) is 0 Å². The lowest BCUT2D eigenvalue weighted by atomic mass is 9.96. The van der Waals surface area contributed by atoms with Crippen molar-refractivity contribution in [2.24, 2.45) is 5.92 Å². The summed E-state index contributed by atoms with van der Waals surface area (Å²) in [6, 6.07) is 0.00301. The molecule has 9 heteroatoms. The van der Waals surface area contributed by atoms with E-state index in [1.54, 1.807) is 11.8 Å². The number of rotatable bonds is 7. The molecule has 3 amide bonds. The summed E-state index contributed by atoms with van der Waals surface area (Å²) in [5, 5.41) is 5.58. The maximum atomic E-state index is 12.0. The molecule has 1 fully saturated rings. The van der Waals surface area contributed by atoms with Crippen LogP contribution in [0.2, 0.25) is 0 Å². The van der Waals surface area contributed by atoms with Gasteiger partial charge in [-0.2, -0.15) is 0 Å². The van der Waals surface area contributed by atoms with E-state index in [0.717, 1.165) is 0 Å². The minimum absolute atomic E-state index is 0.0256. The van der Waals surface area contributed by atoms with Gasteiger partial charge in [0.15, 0.2) is 0 Å². The van der Waals surface area contributed by atoms with Gasteiger partial charge in [0.25, 0.3) is 0 Å². The molecule has 1 saturated heterocycles. The molecule has 0 aromatic heterocycles. The van der Waals surface area contributed by atoms with Crippen LogP contribution in [0, 0.1) is 5.92 Å². The van der Waals surface area contributed by atoms with Gasteiger partial charge in [-0.15, -0.1) is 0 Å². The van der Waals surface area contributed by atoms with Gasteiger partial charge in [-0.05, 0) is 33.6 Å². The summed E-state index contributed by atoms with van der Waals surface area (Å²) in [7, 11) is -3.22. The first-order chi connectivity index (χ1) is 10.7. The maximum absolute atomic E-state index is 12.0. The van der Waals surface area contributed by atoms with Crippen LogP contribution in [0.5, 0.6) is 0 Å². The first kappa shape index (κ1) is 19.7. The van der Waals surface area contributed by atoms with E-state index in [1.807, 2.05) is 13.8 Å². The molecule has 134 valence electrons. The van der Waals surface area contributed by atoms with Crippen molar-refractivity contribution in [3.8, 4) is 0 Å². The van der Waals surface area contributed by atoms with Crippen LogP contribution in [0.1, 0.15) is 33.6 Å². The van der Waals surface area contributed by atoms with Gasteiger partial charge in [-0.25, -0.2) is 17.9 Å². The summed E-state index contributed by atoms with van der Waals surface area (Å²) in [6.45, 7) is 6.95. The number of likely N-dealkylation sites (tertiary alicyclic amines) is 1. The molecule has 0 aromatic rings. The van der Waals surface area contributed by atoms with E-state index in [9.17, 15) is 18.0 Å². The minimum Gasteiger partial charge on any atom is -0.355 e. The summed E-state index contributed by atoms with van der Waals surface area (Å²) in [5.41, 5.74) is 0. The van der Waals surface area contributed by atoms with E-state index in [2.05, 4.69) is 15.4 Å². The van der Waals surface area contributed by atoms with Crippen molar-refractivity contribution < 1.29 is 18.0 Å². The summed E-state index contributed by atoms with van der Waals surface area (Å²) in [6.07, 6.45) is 1.25. The largest absolute Gasteiger partial charge is 0.355 e. The molecule has 8 nitrogen and oxygen atoms in total. The Hall–Kier alpha value is -1.35. The van der Waals surface area contributed by atoms with Gasteiger partial charge in [-0.1, -0.05) is 0 Å². The van der Waals surface area contributed by atoms with Crippen LogP contribution in [0.25, 0.3) is 0 Å². The lowest BCUT2D eigenvalue weighted by Gasteiger charge is -2.32. The third-order valence-electron chi connectivity index (χ3n) is 3.69. The standard InChI is InChI=1S/C14H28N4O4S/c1-4-23(21,22)16-8-7-15-13(19)12-5-9-18(10-6-12)14(20)17-11(2)3/h11-12,16H,4-10H2,1-3H3,(H,15,19)(H,17,20). The monoisotopic (exact) mass is 348 g/mol. The number of nitrogens with one attached hydrogen (secondary N) is 3. The van der Waals surface area contributed by atoms with Gasteiger partial charge in [0.2, 0.25) is 15.9 Å². The Balaban J connectivity index is 2.26. The van der Waals surface area contributed by atoms with Crippen LogP contribution in [-0.4, -0.2) is 63.2 Å². The van der Waals surface area contributed by atoms with Crippen LogP contribution in [-0.2, 0) is 14.8 Å². The Morgan fingerprint density at radius 1 is 1.17 bits per heavy atom. The van der Waals surface area contributed by atoms with Crippen molar-refractivity contribution in [3.63, 3.8) is 0 Å². The molecule has 23 heavy (non-hydrogen) atoms. The quantitative estimate of drug-likeness (QED) is 0.557. The number of carbonyl (C=O) groups is 2. The lowest BCUT2D eigenvalue weighted by Crippen LogP contribution is -2.48. The first-order valence-corrected chi connectivity index (χ1v) is 9.71. The van der Waals surface area contributed by atoms with Crippen molar-refractivity contribution in [1.82, 2.24) is 20.3 Å². The number of urea groups is 1. The molecule has 1 aliphatic rings. The number of nitrogens with zero attached hydrogens (tertiary/aromatic N) is 1. The van der Waals surface area contributed by atoms with Gasteiger partial charge in [0.05, 0.1) is 5.75 Å². The van der Waals surface area contributed by atoms with Crippen molar-refractivity contribution in [2.45, 2.75) is 39.7 Å². The molecule has 0 bridgehead atoms. The second-order valence-corrected chi connectivity index (χ2v) is 8.05. The van der Waals surface area contributed by atoms with Crippen molar-refractivity contribution in [1.29, 1.82) is 0 Å². The summed E-state index contributed by atoms with van der Waals surface area (Å²) in [4.78, 5) is 25.6. The highest BCUT2D eigenvalue weighted by Crippen LogP contribution is 2.17. The average Bonchev–Trinajstić information content (AvgIpc) is 2.51. The molecule has 0 spiro atoms. The zero-order chi connectivity index (χ0) is 17.5. The molecular weight excluding hydrogens is 320 g/mol. The van der Waals surface area contributed by atoms with Gasteiger partial charge in [0.1, 0.15) is 0 Å². The molecule has 0 saturated carbocycles. The highest BCUT2D eigenvalue weighted by Gasteiger charge is 2.27. The van der Waals surface area contributed by atoms with Crippen molar-refractivity contribution >= 4 is 22.0 Å². The van der Waals surface area contributed by atoms with Gasteiger partial charge in [-0.3, -0.25) is 4.79 Å². The third-order valence-corrected chi connectivity index (χ3v) is 5.10. The molecule has 1 aliphatic heterocycles. The molecular formula is C14H28N4O4S. The topological polar surface area (TPSA) is 108 Å². The highest BCUT2D eigenvalue weighted by atomic mass is 32.2. The lowest BCUT2D eigenvalue weighted by molar-refractivity contribution is -0.126. The van der Waals surface area contributed by atoms with Crippen LogP contribution < -0.4 is 15.4 Å².